The molecule has 0 bridgehead atoms. The van der Waals surface area contributed by atoms with Crippen LogP contribution in [0.2, 0.25) is 0 Å². The van der Waals surface area contributed by atoms with Crippen LogP contribution in [0.25, 0.3) is 6.08 Å². The van der Waals surface area contributed by atoms with E-state index in [1.165, 1.54) is 17.4 Å². The molecule has 2 aromatic rings. The zero-order valence-electron chi connectivity index (χ0n) is 10.4. The minimum Gasteiger partial charge on any atom is -0.294 e. The number of fused-ring (bicyclic) bond motifs is 1. The van der Waals surface area contributed by atoms with Gasteiger partial charge in [0.15, 0.2) is 17.3 Å². The van der Waals surface area contributed by atoms with Gasteiger partial charge in [0.05, 0.1) is 0 Å². The molecule has 1 aromatic heterocycles. The highest BCUT2D eigenvalue weighted by Crippen LogP contribution is 2.27. The van der Waals surface area contributed by atoms with Crippen LogP contribution in [0.5, 0.6) is 0 Å². The number of thiophene rings is 1. The Balaban J connectivity index is 1.87. The lowest BCUT2D eigenvalue weighted by Gasteiger charge is -2.00. The van der Waals surface area contributed by atoms with Crippen molar-refractivity contribution in [3.63, 3.8) is 0 Å². The molecule has 1 aromatic carbocycles. The van der Waals surface area contributed by atoms with Gasteiger partial charge in [0, 0.05) is 16.0 Å². The van der Waals surface area contributed by atoms with Gasteiger partial charge in [0.1, 0.15) is 5.92 Å². The maximum atomic E-state index is 12.1. The van der Waals surface area contributed by atoms with E-state index in [9.17, 15) is 14.4 Å². The molecule has 98 valence electrons. The van der Waals surface area contributed by atoms with Crippen LogP contribution in [0.1, 0.15) is 25.6 Å². The molecule has 0 fully saturated rings. The predicted octanol–water partition coefficient (Wildman–Crippen LogP) is 3.03. The second kappa shape index (κ2) is 4.98. The summed E-state index contributed by atoms with van der Waals surface area (Å²) in [6.07, 6.45) is 2.95. The third-order valence-electron chi connectivity index (χ3n) is 3.22. The van der Waals surface area contributed by atoms with Gasteiger partial charge >= 0.3 is 0 Å². The van der Waals surface area contributed by atoms with E-state index in [4.69, 9.17) is 0 Å². The van der Waals surface area contributed by atoms with Gasteiger partial charge in [-0.05, 0) is 23.6 Å². The number of hydrogen-bond acceptors (Lipinski definition) is 4. The summed E-state index contributed by atoms with van der Waals surface area (Å²) in [4.78, 5) is 37.3. The fraction of sp³-hybridized carbons (Fsp3) is 0.0625. The van der Waals surface area contributed by atoms with E-state index in [1.54, 1.807) is 30.3 Å². The van der Waals surface area contributed by atoms with Crippen LogP contribution in [0.15, 0.2) is 47.9 Å². The fourth-order valence-corrected chi connectivity index (χ4v) is 2.87. The van der Waals surface area contributed by atoms with Gasteiger partial charge in [-0.1, -0.05) is 30.3 Å². The molecular weight excluding hydrogens is 272 g/mol. The third-order valence-corrected chi connectivity index (χ3v) is 4.06. The minimum absolute atomic E-state index is 0.348. The number of hydrogen-bond donors (Lipinski definition) is 0. The normalized spacial score (nSPS) is 15.0. The number of carbonyl (C=O) groups excluding carboxylic acids is 3. The SMILES string of the molecule is O=C(/C=C/c1cccs1)C1C(=O)c2ccccc2C1=O. The van der Waals surface area contributed by atoms with E-state index >= 15 is 0 Å². The Morgan fingerprint density at radius 3 is 2.20 bits per heavy atom. The first-order chi connectivity index (χ1) is 9.68. The molecule has 0 aliphatic heterocycles. The van der Waals surface area contributed by atoms with E-state index in [-0.39, 0.29) is 0 Å². The van der Waals surface area contributed by atoms with Crippen LogP contribution in [0.3, 0.4) is 0 Å². The summed E-state index contributed by atoms with van der Waals surface area (Å²) in [6, 6.07) is 10.3. The Hall–Kier alpha value is -2.33. The summed E-state index contributed by atoms with van der Waals surface area (Å²) in [5.74, 6) is -2.45. The molecular formula is C16H10O3S. The lowest BCUT2D eigenvalue weighted by Crippen LogP contribution is -2.23. The fourth-order valence-electron chi connectivity index (χ4n) is 2.25. The Morgan fingerprint density at radius 2 is 1.65 bits per heavy atom. The van der Waals surface area contributed by atoms with E-state index in [1.807, 2.05) is 17.5 Å². The molecule has 4 heteroatoms. The Labute approximate surface area is 119 Å². The van der Waals surface area contributed by atoms with Crippen molar-refractivity contribution >= 4 is 34.8 Å². The molecule has 3 rings (SSSR count). The maximum absolute atomic E-state index is 12.1. The molecule has 1 aliphatic carbocycles. The Bertz CT molecular complexity index is 691. The van der Waals surface area contributed by atoms with Crippen molar-refractivity contribution in [2.75, 3.05) is 0 Å². The lowest BCUT2D eigenvalue weighted by molar-refractivity contribution is -0.115. The molecule has 3 nitrogen and oxygen atoms in total. The van der Waals surface area contributed by atoms with Crippen molar-refractivity contribution in [3.05, 3.63) is 63.9 Å². The molecule has 1 heterocycles. The molecule has 0 unspecified atom stereocenters. The summed E-state index contributed by atoms with van der Waals surface area (Å²) in [5, 5.41) is 1.89. The zero-order valence-corrected chi connectivity index (χ0v) is 11.2. The van der Waals surface area contributed by atoms with Gasteiger partial charge in [-0.15, -0.1) is 11.3 Å². The Kier molecular flexibility index (Phi) is 3.16. The largest absolute Gasteiger partial charge is 0.294 e. The quantitative estimate of drug-likeness (QED) is 0.642. The predicted molar refractivity (Wildman–Crippen MR) is 77.0 cm³/mol. The summed E-state index contributed by atoms with van der Waals surface area (Å²) in [5.41, 5.74) is 0.695. The standard InChI is InChI=1S/C16H10O3S/c17-13(8-7-10-4-3-9-20-10)14-15(18)11-5-1-2-6-12(11)16(14)19/h1-9,14H/b8-7+. The average molecular weight is 282 g/mol. The van der Waals surface area contributed by atoms with Gasteiger partial charge in [0.25, 0.3) is 0 Å². The number of benzene rings is 1. The van der Waals surface area contributed by atoms with Crippen molar-refractivity contribution in [2.24, 2.45) is 5.92 Å². The summed E-state index contributed by atoms with van der Waals surface area (Å²) >= 11 is 1.49. The highest BCUT2D eigenvalue weighted by Gasteiger charge is 2.41. The van der Waals surface area contributed by atoms with Crippen LogP contribution in [-0.4, -0.2) is 17.3 Å². The average Bonchev–Trinajstić information content (AvgIpc) is 3.05. The highest BCUT2D eigenvalue weighted by molar-refractivity contribution is 7.10. The minimum atomic E-state index is -1.20. The lowest BCUT2D eigenvalue weighted by atomic mass is 9.98. The zero-order chi connectivity index (χ0) is 14.1. The molecule has 1 aliphatic rings. The van der Waals surface area contributed by atoms with Crippen molar-refractivity contribution in [1.29, 1.82) is 0 Å². The Morgan fingerprint density at radius 1 is 1.00 bits per heavy atom. The molecule has 0 saturated heterocycles. The first-order valence-corrected chi connectivity index (χ1v) is 6.99. The van der Waals surface area contributed by atoms with Crippen molar-refractivity contribution < 1.29 is 14.4 Å². The molecule has 0 radical (unpaired) electrons. The van der Waals surface area contributed by atoms with Crippen LogP contribution >= 0.6 is 11.3 Å². The second-order valence-corrected chi connectivity index (χ2v) is 5.44. The topological polar surface area (TPSA) is 51.2 Å². The van der Waals surface area contributed by atoms with Gasteiger partial charge in [0.2, 0.25) is 0 Å². The first kappa shape index (κ1) is 12.7. The van der Waals surface area contributed by atoms with Crippen molar-refractivity contribution in [2.45, 2.75) is 0 Å². The number of rotatable bonds is 3. The van der Waals surface area contributed by atoms with E-state index < -0.39 is 23.3 Å². The smallest absolute Gasteiger partial charge is 0.182 e. The molecule has 0 amide bonds. The number of allylic oxidation sites excluding steroid dienone is 1. The van der Waals surface area contributed by atoms with E-state index in [0.717, 1.165) is 4.88 Å². The van der Waals surface area contributed by atoms with Crippen molar-refractivity contribution in [3.8, 4) is 0 Å². The highest BCUT2D eigenvalue weighted by atomic mass is 32.1. The number of Topliss-reactive ketones (excluding diaryl/α,β-unsaturated/α-hetero) is 2. The van der Waals surface area contributed by atoms with Gasteiger partial charge in [-0.2, -0.15) is 0 Å². The summed E-state index contributed by atoms with van der Waals surface area (Å²) in [7, 11) is 0. The number of ketones is 3. The molecule has 0 N–H and O–H groups in total. The summed E-state index contributed by atoms with van der Waals surface area (Å²) < 4.78 is 0. The van der Waals surface area contributed by atoms with Crippen LogP contribution in [-0.2, 0) is 4.79 Å². The number of carbonyl (C=O) groups is 3. The van der Waals surface area contributed by atoms with E-state index in [2.05, 4.69) is 0 Å². The molecule has 20 heavy (non-hydrogen) atoms. The third kappa shape index (κ3) is 2.04. The van der Waals surface area contributed by atoms with Crippen molar-refractivity contribution in [1.82, 2.24) is 0 Å². The van der Waals surface area contributed by atoms with Crippen LogP contribution in [0.4, 0.5) is 0 Å². The van der Waals surface area contributed by atoms with Crippen LogP contribution in [0, 0.1) is 5.92 Å². The van der Waals surface area contributed by atoms with Gasteiger partial charge in [-0.25, -0.2) is 0 Å². The molecule has 0 saturated carbocycles. The molecule has 0 atom stereocenters. The summed E-state index contributed by atoms with van der Waals surface area (Å²) in [6.45, 7) is 0. The van der Waals surface area contributed by atoms with Gasteiger partial charge in [-0.3, -0.25) is 14.4 Å². The van der Waals surface area contributed by atoms with Gasteiger partial charge < -0.3 is 0 Å². The maximum Gasteiger partial charge on any atom is 0.182 e. The van der Waals surface area contributed by atoms with Crippen LogP contribution < -0.4 is 0 Å². The first-order valence-electron chi connectivity index (χ1n) is 6.11. The molecule has 0 spiro atoms. The van der Waals surface area contributed by atoms with E-state index in [0.29, 0.717) is 11.1 Å². The second-order valence-electron chi connectivity index (χ2n) is 4.46. The monoisotopic (exact) mass is 282 g/mol.